The summed E-state index contributed by atoms with van der Waals surface area (Å²) < 4.78 is 30.7. The molecule has 1 aliphatic carbocycles. The molecule has 1 aliphatic heterocycles. The molecule has 7 nitrogen and oxygen atoms in total. The molecule has 9 heteroatoms. The molecule has 0 bridgehead atoms. The van der Waals surface area contributed by atoms with Crippen LogP contribution in [-0.2, 0) is 23.9 Å². The Balaban J connectivity index is 1.43. The number of rotatable bonds is 6. The number of imide groups is 1. The number of anilines is 1. The SMILES string of the molecule is O=C(COC(=O)CCN1C(=O)[C@H]2CC=CC[C@@H]2C1=O)Nc1ccc(F)c(F)c1. The van der Waals surface area contributed by atoms with Gasteiger partial charge < -0.3 is 10.1 Å². The number of benzene rings is 1. The third-order valence-corrected chi connectivity index (χ3v) is 4.71. The van der Waals surface area contributed by atoms with Gasteiger partial charge in [0.15, 0.2) is 18.2 Å². The van der Waals surface area contributed by atoms with E-state index in [0.717, 1.165) is 23.1 Å². The number of hydrogen-bond donors (Lipinski definition) is 1. The summed E-state index contributed by atoms with van der Waals surface area (Å²) in [6.45, 7) is -0.733. The minimum absolute atomic E-state index is 0.0180. The first-order valence-electron chi connectivity index (χ1n) is 8.77. The number of nitrogens with one attached hydrogen (secondary N) is 1. The van der Waals surface area contributed by atoms with Crippen molar-refractivity contribution in [3.05, 3.63) is 42.0 Å². The molecule has 0 unspecified atom stereocenters. The molecule has 1 heterocycles. The maximum atomic E-state index is 13.1. The number of ether oxygens (including phenoxy) is 1. The molecule has 2 aliphatic rings. The van der Waals surface area contributed by atoms with Gasteiger partial charge in [-0.2, -0.15) is 0 Å². The van der Waals surface area contributed by atoms with Gasteiger partial charge in [0.2, 0.25) is 11.8 Å². The lowest BCUT2D eigenvalue weighted by Crippen LogP contribution is -2.33. The van der Waals surface area contributed by atoms with E-state index < -0.39 is 30.1 Å². The molecule has 28 heavy (non-hydrogen) atoms. The summed E-state index contributed by atoms with van der Waals surface area (Å²) >= 11 is 0. The fraction of sp³-hybridized carbons (Fsp3) is 0.368. The monoisotopic (exact) mass is 392 g/mol. The highest BCUT2D eigenvalue weighted by molar-refractivity contribution is 6.05. The van der Waals surface area contributed by atoms with Crippen LogP contribution in [0.3, 0.4) is 0 Å². The van der Waals surface area contributed by atoms with E-state index >= 15 is 0 Å². The quantitative estimate of drug-likeness (QED) is 0.453. The van der Waals surface area contributed by atoms with Crippen molar-refractivity contribution in [3.63, 3.8) is 0 Å². The molecule has 1 fully saturated rings. The fourth-order valence-corrected chi connectivity index (χ4v) is 3.28. The number of carbonyl (C=O) groups excluding carboxylic acids is 4. The Morgan fingerprint density at radius 1 is 1.07 bits per heavy atom. The Hall–Kier alpha value is -3.10. The van der Waals surface area contributed by atoms with Crippen LogP contribution in [0.25, 0.3) is 0 Å². The zero-order valence-electron chi connectivity index (χ0n) is 14.8. The lowest BCUT2D eigenvalue weighted by Gasteiger charge is -2.14. The largest absolute Gasteiger partial charge is 0.456 e. The molecule has 0 aromatic heterocycles. The number of fused-ring (bicyclic) bond motifs is 1. The number of esters is 1. The highest BCUT2D eigenvalue weighted by Gasteiger charge is 2.46. The van der Waals surface area contributed by atoms with Gasteiger partial charge in [-0.05, 0) is 25.0 Å². The van der Waals surface area contributed by atoms with Gasteiger partial charge in [0.05, 0.1) is 18.3 Å². The van der Waals surface area contributed by atoms with Crippen molar-refractivity contribution in [2.75, 3.05) is 18.5 Å². The molecule has 0 saturated carbocycles. The second kappa shape index (κ2) is 8.28. The summed E-state index contributed by atoms with van der Waals surface area (Å²) in [5, 5.41) is 2.26. The number of halogens is 2. The summed E-state index contributed by atoms with van der Waals surface area (Å²) in [4.78, 5) is 49.2. The minimum atomic E-state index is -1.12. The molecule has 1 aromatic carbocycles. The normalized spacial score (nSPS) is 20.9. The van der Waals surface area contributed by atoms with Crippen LogP contribution < -0.4 is 5.32 Å². The maximum Gasteiger partial charge on any atom is 0.308 e. The lowest BCUT2D eigenvalue weighted by molar-refractivity contribution is -0.148. The Kier molecular flexibility index (Phi) is 5.81. The molecule has 3 amide bonds. The van der Waals surface area contributed by atoms with Crippen molar-refractivity contribution < 1.29 is 32.7 Å². The number of likely N-dealkylation sites (tertiary alicyclic amines) is 1. The van der Waals surface area contributed by atoms with E-state index in [1.807, 2.05) is 12.2 Å². The molecular weight excluding hydrogens is 374 g/mol. The summed E-state index contributed by atoms with van der Waals surface area (Å²) in [5.74, 6) is -4.97. The van der Waals surface area contributed by atoms with E-state index in [-0.39, 0.29) is 42.3 Å². The molecule has 1 aromatic rings. The van der Waals surface area contributed by atoms with Crippen LogP contribution >= 0.6 is 0 Å². The van der Waals surface area contributed by atoms with Crippen LogP contribution in [0, 0.1) is 23.5 Å². The molecule has 1 saturated heterocycles. The first kappa shape index (κ1) is 19.7. The predicted molar refractivity (Wildman–Crippen MR) is 92.6 cm³/mol. The molecule has 2 atom stereocenters. The molecule has 3 rings (SSSR count). The van der Waals surface area contributed by atoms with Crippen molar-refractivity contribution in [2.24, 2.45) is 11.8 Å². The van der Waals surface area contributed by atoms with Crippen LogP contribution in [0.4, 0.5) is 14.5 Å². The minimum Gasteiger partial charge on any atom is -0.456 e. The second-order valence-electron chi connectivity index (χ2n) is 6.57. The summed E-state index contributed by atoms with van der Waals surface area (Å²) in [7, 11) is 0. The van der Waals surface area contributed by atoms with Gasteiger partial charge in [0.25, 0.3) is 5.91 Å². The lowest BCUT2D eigenvalue weighted by atomic mass is 9.85. The van der Waals surface area contributed by atoms with Crippen molar-refractivity contribution in [1.82, 2.24) is 4.90 Å². The van der Waals surface area contributed by atoms with Crippen LogP contribution in [0.2, 0.25) is 0 Å². The van der Waals surface area contributed by atoms with Crippen molar-refractivity contribution in [3.8, 4) is 0 Å². The highest BCUT2D eigenvalue weighted by Crippen LogP contribution is 2.34. The van der Waals surface area contributed by atoms with Crippen molar-refractivity contribution in [1.29, 1.82) is 0 Å². The van der Waals surface area contributed by atoms with Gasteiger partial charge in [0.1, 0.15) is 0 Å². The average Bonchev–Trinajstić information content (AvgIpc) is 2.92. The van der Waals surface area contributed by atoms with Crippen molar-refractivity contribution >= 4 is 29.4 Å². The standard InChI is InChI=1S/C19H18F2N2O5/c20-14-6-5-11(9-15(14)21)22-16(24)10-28-17(25)7-8-23-18(26)12-3-1-2-4-13(12)19(23)27/h1-2,5-6,9,12-13H,3-4,7-8,10H2,(H,22,24)/t12-,13-/m0/s1. The van der Waals surface area contributed by atoms with Gasteiger partial charge in [-0.25, -0.2) is 8.78 Å². The van der Waals surface area contributed by atoms with Gasteiger partial charge in [-0.15, -0.1) is 0 Å². The first-order valence-corrected chi connectivity index (χ1v) is 8.77. The maximum absolute atomic E-state index is 13.1. The van der Waals surface area contributed by atoms with Gasteiger partial charge in [-0.3, -0.25) is 24.1 Å². The second-order valence-corrected chi connectivity index (χ2v) is 6.57. The third kappa shape index (κ3) is 4.24. The van der Waals surface area contributed by atoms with E-state index in [1.54, 1.807) is 0 Å². The smallest absolute Gasteiger partial charge is 0.308 e. The Bertz CT molecular complexity index is 829. The predicted octanol–water partition coefficient (Wildman–Crippen LogP) is 1.79. The van der Waals surface area contributed by atoms with Gasteiger partial charge >= 0.3 is 5.97 Å². The third-order valence-electron chi connectivity index (χ3n) is 4.71. The molecule has 0 radical (unpaired) electrons. The van der Waals surface area contributed by atoms with E-state index in [9.17, 15) is 28.0 Å². The Morgan fingerprint density at radius 2 is 1.71 bits per heavy atom. The number of allylic oxidation sites excluding steroid dienone is 2. The Labute approximate surface area is 159 Å². The fourth-order valence-electron chi connectivity index (χ4n) is 3.28. The van der Waals surface area contributed by atoms with Gasteiger partial charge in [0, 0.05) is 18.3 Å². The number of amides is 3. The Morgan fingerprint density at radius 3 is 2.32 bits per heavy atom. The van der Waals surface area contributed by atoms with Crippen LogP contribution in [0.15, 0.2) is 30.4 Å². The van der Waals surface area contributed by atoms with Crippen LogP contribution in [0.5, 0.6) is 0 Å². The van der Waals surface area contributed by atoms with Gasteiger partial charge in [-0.1, -0.05) is 12.2 Å². The van der Waals surface area contributed by atoms with E-state index in [4.69, 9.17) is 4.74 Å². The van der Waals surface area contributed by atoms with Crippen LogP contribution in [-0.4, -0.2) is 41.7 Å². The summed E-state index contributed by atoms with van der Waals surface area (Å²) in [5.41, 5.74) is 0.0180. The van der Waals surface area contributed by atoms with Crippen LogP contribution in [0.1, 0.15) is 19.3 Å². The first-order chi connectivity index (χ1) is 13.4. The topological polar surface area (TPSA) is 92.8 Å². The van der Waals surface area contributed by atoms with E-state index in [2.05, 4.69) is 5.32 Å². The van der Waals surface area contributed by atoms with Crippen molar-refractivity contribution in [2.45, 2.75) is 19.3 Å². The summed E-state index contributed by atoms with van der Waals surface area (Å²) in [6, 6.07) is 2.82. The number of hydrogen-bond acceptors (Lipinski definition) is 5. The number of carbonyl (C=O) groups is 4. The molecule has 1 N–H and O–H groups in total. The highest BCUT2D eigenvalue weighted by atomic mass is 19.2. The summed E-state index contributed by atoms with van der Waals surface area (Å²) in [6.07, 6.45) is 4.54. The molecular formula is C19H18F2N2O5. The molecule has 0 spiro atoms. The zero-order valence-corrected chi connectivity index (χ0v) is 14.8. The molecule has 148 valence electrons. The zero-order chi connectivity index (χ0) is 20.3. The average molecular weight is 392 g/mol. The van der Waals surface area contributed by atoms with E-state index in [0.29, 0.717) is 12.8 Å². The van der Waals surface area contributed by atoms with E-state index in [1.165, 1.54) is 0 Å². The number of nitrogens with zero attached hydrogens (tertiary/aromatic N) is 1.